The maximum atomic E-state index is 12.3. The molecule has 0 bridgehead atoms. The van der Waals surface area contributed by atoms with E-state index in [1.165, 1.54) is 5.56 Å². The van der Waals surface area contributed by atoms with E-state index in [9.17, 15) is 4.79 Å². The molecular weight excluding hydrogens is 296 g/mol. The van der Waals surface area contributed by atoms with Crippen LogP contribution < -0.4 is 4.74 Å². The van der Waals surface area contributed by atoms with E-state index in [1.807, 2.05) is 54.6 Å². The highest BCUT2D eigenvalue weighted by Gasteiger charge is 2.04. The molecule has 0 amide bonds. The molecule has 0 unspecified atom stereocenters. The van der Waals surface area contributed by atoms with Gasteiger partial charge in [0.15, 0.2) is 5.78 Å². The zero-order valence-electron chi connectivity index (χ0n) is 15.0. The molecule has 24 heavy (non-hydrogen) atoms. The van der Waals surface area contributed by atoms with E-state index in [2.05, 4.69) is 27.7 Å². The Bertz CT molecular complexity index is 694. The Balaban J connectivity index is 2.04. The Morgan fingerprint density at radius 1 is 1.04 bits per heavy atom. The van der Waals surface area contributed by atoms with Gasteiger partial charge in [-0.2, -0.15) is 0 Å². The van der Waals surface area contributed by atoms with Crippen molar-refractivity contribution in [3.8, 4) is 5.75 Å². The third kappa shape index (κ3) is 5.38. The molecule has 0 heterocycles. The minimum absolute atomic E-state index is 0.0128. The summed E-state index contributed by atoms with van der Waals surface area (Å²) in [4.78, 5) is 12.3. The number of carbonyl (C=O) groups excluding carboxylic acids is 1. The molecular formula is C22H26O2. The summed E-state index contributed by atoms with van der Waals surface area (Å²) in [6.45, 7) is 9.21. The van der Waals surface area contributed by atoms with E-state index in [0.29, 0.717) is 24.0 Å². The summed E-state index contributed by atoms with van der Waals surface area (Å²) in [7, 11) is 0. The monoisotopic (exact) mass is 322 g/mol. The summed E-state index contributed by atoms with van der Waals surface area (Å²) < 4.78 is 5.72. The van der Waals surface area contributed by atoms with Gasteiger partial charge in [0.25, 0.3) is 0 Å². The lowest BCUT2D eigenvalue weighted by Gasteiger charge is -2.08. The van der Waals surface area contributed by atoms with Crippen LogP contribution in [0.2, 0.25) is 0 Å². The molecule has 0 N–H and O–H groups in total. The largest absolute Gasteiger partial charge is 0.493 e. The van der Waals surface area contributed by atoms with E-state index in [0.717, 1.165) is 11.3 Å². The second-order valence-electron chi connectivity index (χ2n) is 6.75. The van der Waals surface area contributed by atoms with Crippen LogP contribution >= 0.6 is 0 Å². The van der Waals surface area contributed by atoms with Crippen molar-refractivity contribution in [1.82, 2.24) is 0 Å². The van der Waals surface area contributed by atoms with Gasteiger partial charge in [-0.05, 0) is 41.2 Å². The van der Waals surface area contributed by atoms with Gasteiger partial charge in [-0.3, -0.25) is 4.79 Å². The van der Waals surface area contributed by atoms with E-state index in [4.69, 9.17) is 4.74 Å². The number of ether oxygens (including phenoxy) is 1. The van der Waals surface area contributed by atoms with Crippen LogP contribution in [-0.4, -0.2) is 12.4 Å². The molecule has 0 aliphatic heterocycles. The molecule has 0 radical (unpaired) electrons. The summed E-state index contributed by atoms with van der Waals surface area (Å²) >= 11 is 0. The first-order valence-corrected chi connectivity index (χ1v) is 8.51. The fraction of sp³-hybridized carbons (Fsp3) is 0.318. The van der Waals surface area contributed by atoms with Gasteiger partial charge < -0.3 is 4.74 Å². The second kappa shape index (κ2) is 8.49. The maximum absolute atomic E-state index is 12.3. The molecule has 0 fully saturated rings. The van der Waals surface area contributed by atoms with Gasteiger partial charge in [0.05, 0.1) is 6.61 Å². The highest BCUT2D eigenvalue weighted by molar-refractivity contribution is 6.06. The summed E-state index contributed by atoms with van der Waals surface area (Å²) in [6.07, 6.45) is 3.45. The third-order valence-corrected chi connectivity index (χ3v) is 3.73. The zero-order valence-corrected chi connectivity index (χ0v) is 15.0. The lowest BCUT2D eigenvalue weighted by atomic mass is 10.0. The maximum Gasteiger partial charge on any atom is 0.185 e. The number of ketones is 1. The minimum Gasteiger partial charge on any atom is -0.493 e. The number of carbonyl (C=O) groups is 1. The van der Waals surface area contributed by atoms with E-state index < -0.39 is 0 Å². The molecule has 126 valence electrons. The van der Waals surface area contributed by atoms with E-state index in [1.54, 1.807) is 6.08 Å². The molecule has 0 aliphatic rings. The van der Waals surface area contributed by atoms with Crippen molar-refractivity contribution in [2.24, 2.45) is 5.92 Å². The average molecular weight is 322 g/mol. The standard InChI is InChI=1S/C22H26O2/c1-16(2)15-24-21-7-5-6-18(14-21)8-13-22(23)20-11-9-19(10-12-20)17(3)4/h5-14,16-17H,15H2,1-4H3/b13-8+. The van der Waals surface area contributed by atoms with Gasteiger partial charge in [-0.15, -0.1) is 0 Å². The van der Waals surface area contributed by atoms with Crippen molar-refractivity contribution in [3.05, 3.63) is 71.3 Å². The number of hydrogen-bond donors (Lipinski definition) is 0. The molecule has 2 aromatic rings. The summed E-state index contributed by atoms with van der Waals surface area (Å²) in [5.74, 6) is 1.80. The molecule has 0 atom stereocenters. The summed E-state index contributed by atoms with van der Waals surface area (Å²) in [6, 6.07) is 15.6. The quantitative estimate of drug-likeness (QED) is 0.480. The topological polar surface area (TPSA) is 26.3 Å². The predicted molar refractivity (Wildman–Crippen MR) is 101 cm³/mol. The number of rotatable bonds is 7. The van der Waals surface area contributed by atoms with Crippen LogP contribution in [0.5, 0.6) is 5.75 Å². The van der Waals surface area contributed by atoms with Crippen LogP contribution in [0.4, 0.5) is 0 Å². The third-order valence-electron chi connectivity index (χ3n) is 3.73. The summed E-state index contributed by atoms with van der Waals surface area (Å²) in [5, 5.41) is 0. The Kier molecular flexibility index (Phi) is 6.36. The highest BCUT2D eigenvalue weighted by Crippen LogP contribution is 2.17. The first kappa shape index (κ1) is 18.0. The number of allylic oxidation sites excluding steroid dienone is 1. The van der Waals surface area contributed by atoms with Gasteiger partial charge >= 0.3 is 0 Å². The fourth-order valence-corrected chi connectivity index (χ4v) is 2.27. The van der Waals surface area contributed by atoms with Crippen molar-refractivity contribution in [1.29, 1.82) is 0 Å². The van der Waals surface area contributed by atoms with E-state index in [-0.39, 0.29) is 5.78 Å². The predicted octanol–water partition coefficient (Wildman–Crippen LogP) is 5.74. The molecule has 2 rings (SSSR count). The lowest BCUT2D eigenvalue weighted by molar-refractivity contribution is 0.104. The average Bonchev–Trinajstić information content (AvgIpc) is 2.58. The molecule has 2 aromatic carbocycles. The molecule has 0 aromatic heterocycles. The van der Waals surface area contributed by atoms with Crippen LogP contribution in [0.1, 0.15) is 55.1 Å². The Hall–Kier alpha value is -2.35. The van der Waals surface area contributed by atoms with Crippen LogP contribution in [0, 0.1) is 5.92 Å². The molecule has 0 saturated carbocycles. The molecule has 2 heteroatoms. The van der Waals surface area contributed by atoms with Crippen LogP contribution in [-0.2, 0) is 0 Å². The molecule has 2 nitrogen and oxygen atoms in total. The first-order chi connectivity index (χ1) is 11.5. The molecule has 0 spiro atoms. The van der Waals surface area contributed by atoms with Crippen molar-refractivity contribution in [2.45, 2.75) is 33.6 Å². The Labute approximate surface area is 145 Å². The molecule has 0 aliphatic carbocycles. The first-order valence-electron chi connectivity index (χ1n) is 8.51. The van der Waals surface area contributed by atoms with Crippen molar-refractivity contribution in [3.63, 3.8) is 0 Å². The Morgan fingerprint density at radius 2 is 1.75 bits per heavy atom. The van der Waals surface area contributed by atoms with E-state index >= 15 is 0 Å². The van der Waals surface area contributed by atoms with Crippen LogP contribution in [0.15, 0.2) is 54.6 Å². The van der Waals surface area contributed by atoms with Gasteiger partial charge in [0, 0.05) is 5.56 Å². The van der Waals surface area contributed by atoms with Crippen molar-refractivity contribution < 1.29 is 9.53 Å². The highest BCUT2D eigenvalue weighted by atomic mass is 16.5. The normalized spacial score (nSPS) is 11.4. The second-order valence-corrected chi connectivity index (χ2v) is 6.75. The lowest BCUT2D eigenvalue weighted by Crippen LogP contribution is -2.04. The van der Waals surface area contributed by atoms with Crippen LogP contribution in [0.3, 0.4) is 0 Å². The number of benzene rings is 2. The molecule has 0 saturated heterocycles. The van der Waals surface area contributed by atoms with Gasteiger partial charge in [0.2, 0.25) is 0 Å². The number of hydrogen-bond acceptors (Lipinski definition) is 2. The minimum atomic E-state index is 0.0128. The van der Waals surface area contributed by atoms with Crippen LogP contribution in [0.25, 0.3) is 6.08 Å². The fourth-order valence-electron chi connectivity index (χ4n) is 2.27. The van der Waals surface area contributed by atoms with Crippen molar-refractivity contribution in [2.75, 3.05) is 6.61 Å². The SMILES string of the molecule is CC(C)COc1cccc(/C=C/C(=O)c2ccc(C(C)C)cc2)c1. The Morgan fingerprint density at radius 3 is 2.38 bits per heavy atom. The zero-order chi connectivity index (χ0) is 17.5. The van der Waals surface area contributed by atoms with Gasteiger partial charge in [-0.1, -0.05) is 70.2 Å². The van der Waals surface area contributed by atoms with Gasteiger partial charge in [0.1, 0.15) is 5.75 Å². The van der Waals surface area contributed by atoms with Crippen molar-refractivity contribution >= 4 is 11.9 Å². The smallest absolute Gasteiger partial charge is 0.185 e. The summed E-state index contributed by atoms with van der Waals surface area (Å²) in [5.41, 5.74) is 2.91. The van der Waals surface area contributed by atoms with Gasteiger partial charge in [-0.25, -0.2) is 0 Å².